The second-order valence-electron chi connectivity index (χ2n) is 4.24. The quantitative estimate of drug-likeness (QED) is 0.884. The molecule has 0 aliphatic heterocycles. The monoisotopic (exact) mass is 241 g/mol. The summed E-state index contributed by atoms with van der Waals surface area (Å²) >= 11 is 5.91. The number of amides is 1. The molecule has 1 aromatic carbocycles. The van der Waals surface area contributed by atoms with E-state index in [-0.39, 0.29) is 11.7 Å². The Hall–Kier alpha value is -1.22. The first-order valence-electron chi connectivity index (χ1n) is 5.15. The summed E-state index contributed by atoms with van der Waals surface area (Å²) < 4.78 is 0. The normalized spacial score (nSPS) is 10.6. The molecule has 0 fully saturated rings. The first-order valence-corrected chi connectivity index (χ1v) is 5.53. The molecule has 16 heavy (non-hydrogen) atoms. The predicted octanol–water partition coefficient (Wildman–Crippen LogP) is 2.77. The van der Waals surface area contributed by atoms with E-state index in [1.54, 1.807) is 11.9 Å². The second-order valence-corrected chi connectivity index (χ2v) is 4.65. The van der Waals surface area contributed by atoms with Gasteiger partial charge in [-0.2, -0.15) is 0 Å². The summed E-state index contributed by atoms with van der Waals surface area (Å²) in [6, 6.07) is 4.37. The van der Waals surface area contributed by atoms with Crippen molar-refractivity contribution in [3.8, 4) is 5.75 Å². The Balaban J connectivity index is 2.91. The fourth-order valence-corrected chi connectivity index (χ4v) is 1.71. The van der Waals surface area contributed by atoms with Crippen molar-refractivity contribution in [1.29, 1.82) is 0 Å². The van der Waals surface area contributed by atoms with Crippen LogP contribution in [-0.4, -0.2) is 29.5 Å². The Labute approximate surface area is 101 Å². The van der Waals surface area contributed by atoms with Gasteiger partial charge in [0.25, 0.3) is 5.91 Å². The molecule has 0 bridgehead atoms. The number of aromatic hydroxyl groups is 1. The molecule has 1 aromatic rings. The van der Waals surface area contributed by atoms with Crippen LogP contribution in [0.3, 0.4) is 0 Å². The van der Waals surface area contributed by atoms with Gasteiger partial charge in [0.05, 0.1) is 10.6 Å². The molecular weight excluding hydrogens is 226 g/mol. The first-order chi connectivity index (χ1) is 7.41. The zero-order valence-corrected chi connectivity index (χ0v) is 10.5. The van der Waals surface area contributed by atoms with Crippen LogP contribution in [-0.2, 0) is 0 Å². The number of phenols is 1. The molecule has 0 atom stereocenters. The number of nitrogens with zero attached hydrogens (tertiary/aromatic N) is 1. The summed E-state index contributed by atoms with van der Waals surface area (Å²) in [6.07, 6.45) is 0. The molecule has 0 aliphatic rings. The Morgan fingerprint density at radius 1 is 1.50 bits per heavy atom. The van der Waals surface area contributed by atoms with Crippen molar-refractivity contribution < 1.29 is 9.90 Å². The van der Waals surface area contributed by atoms with Crippen LogP contribution in [0, 0.1) is 5.92 Å². The highest BCUT2D eigenvalue weighted by molar-refractivity contribution is 6.33. The molecular formula is C12H16ClNO2. The molecule has 1 N–H and O–H groups in total. The molecule has 0 saturated carbocycles. The van der Waals surface area contributed by atoms with Crippen LogP contribution in [0.4, 0.5) is 0 Å². The molecule has 0 unspecified atom stereocenters. The summed E-state index contributed by atoms with van der Waals surface area (Å²) in [4.78, 5) is 13.6. The van der Waals surface area contributed by atoms with E-state index in [2.05, 4.69) is 0 Å². The van der Waals surface area contributed by atoms with E-state index in [0.717, 1.165) is 0 Å². The van der Waals surface area contributed by atoms with Gasteiger partial charge >= 0.3 is 0 Å². The van der Waals surface area contributed by atoms with E-state index >= 15 is 0 Å². The van der Waals surface area contributed by atoms with E-state index < -0.39 is 0 Å². The van der Waals surface area contributed by atoms with Crippen molar-refractivity contribution in [2.75, 3.05) is 13.6 Å². The fourth-order valence-electron chi connectivity index (χ4n) is 1.51. The van der Waals surface area contributed by atoms with Gasteiger partial charge in [-0.05, 0) is 24.1 Å². The van der Waals surface area contributed by atoms with Crippen molar-refractivity contribution in [1.82, 2.24) is 4.90 Å². The number of hydrogen-bond donors (Lipinski definition) is 1. The zero-order valence-electron chi connectivity index (χ0n) is 9.70. The molecule has 0 saturated heterocycles. The van der Waals surface area contributed by atoms with Gasteiger partial charge in [-0.25, -0.2) is 0 Å². The number of carbonyl (C=O) groups excluding carboxylic acids is 1. The van der Waals surface area contributed by atoms with E-state index in [0.29, 0.717) is 23.0 Å². The van der Waals surface area contributed by atoms with Crippen molar-refractivity contribution in [3.05, 3.63) is 28.8 Å². The lowest BCUT2D eigenvalue weighted by atomic mass is 10.1. The van der Waals surface area contributed by atoms with Gasteiger partial charge in [-0.3, -0.25) is 4.79 Å². The van der Waals surface area contributed by atoms with Gasteiger partial charge in [0, 0.05) is 13.6 Å². The Bertz CT molecular complexity index is 391. The van der Waals surface area contributed by atoms with Gasteiger partial charge in [0.1, 0.15) is 5.75 Å². The Morgan fingerprint density at radius 3 is 2.69 bits per heavy atom. The van der Waals surface area contributed by atoms with Crippen LogP contribution in [0.2, 0.25) is 5.02 Å². The highest BCUT2D eigenvalue weighted by Crippen LogP contribution is 2.22. The van der Waals surface area contributed by atoms with Crippen LogP contribution < -0.4 is 0 Å². The molecule has 0 spiro atoms. The lowest BCUT2D eigenvalue weighted by molar-refractivity contribution is 0.0779. The lowest BCUT2D eigenvalue weighted by Gasteiger charge is -2.20. The second kappa shape index (κ2) is 5.21. The Kier molecular flexibility index (Phi) is 4.19. The maximum atomic E-state index is 12.0. The van der Waals surface area contributed by atoms with Crippen LogP contribution in [0.5, 0.6) is 5.75 Å². The van der Waals surface area contributed by atoms with Crippen LogP contribution >= 0.6 is 11.6 Å². The minimum atomic E-state index is -0.172. The average Bonchev–Trinajstić information content (AvgIpc) is 2.19. The van der Waals surface area contributed by atoms with Crippen molar-refractivity contribution >= 4 is 17.5 Å². The molecule has 3 nitrogen and oxygen atoms in total. The molecule has 1 rings (SSSR count). The molecule has 0 radical (unpaired) electrons. The maximum Gasteiger partial charge on any atom is 0.255 e. The molecule has 0 aliphatic carbocycles. The van der Waals surface area contributed by atoms with Gasteiger partial charge < -0.3 is 10.0 Å². The van der Waals surface area contributed by atoms with Crippen LogP contribution in [0.15, 0.2) is 18.2 Å². The third-order valence-corrected chi connectivity index (χ3v) is 2.50. The summed E-state index contributed by atoms with van der Waals surface area (Å²) in [7, 11) is 1.72. The number of rotatable bonds is 3. The third-order valence-electron chi connectivity index (χ3n) is 2.17. The first kappa shape index (κ1) is 12.8. The van der Waals surface area contributed by atoms with E-state index in [4.69, 9.17) is 11.6 Å². The summed E-state index contributed by atoms with van der Waals surface area (Å²) in [5.74, 6) is 0.269. The number of hydrogen-bond acceptors (Lipinski definition) is 2. The molecule has 88 valence electrons. The summed E-state index contributed by atoms with van der Waals surface area (Å²) in [5.41, 5.74) is 0.338. The molecule has 0 heterocycles. The van der Waals surface area contributed by atoms with Gasteiger partial charge in [0.15, 0.2) is 0 Å². The lowest BCUT2D eigenvalue weighted by Crippen LogP contribution is -2.30. The summed E-state index contributed by atoms with van der Waals surface area (Å²) in [5, 5.41) is 9.68. The highest BCUT2D eigenvalue weighted by atomic mass is 35.5. The Morgan fingerprint density at radius 2 is 2.12 bits per heavy atom. The predicted molar refractivity (Wildman–Crippen MR) is 64.9 cm³/mol. The van der Waals surface area contributed by atoms with E-state index in [9.17, 15) is 9.90 Å². The maximum absolute atomic E-state index is 12.0. The van der Waals surface area contributed by atoms with Gasteiger partial charge in [-0.15, -0.1) is 0 Å². The number of phenolic OH excluding ortho intramolecular Hbond substituents is 1. The number of benzene rings is 1. The van der Waals surface area contributed by atoms with Crippen molar-refractivity contribution in [2.24, 2.45) is 5.92 Å². The minimum absolute atomic E-state index is 0.0469. The van der Waals surface area contributed by atoms with E-state index in [1.165, 1.54) is 18.2 Å². The number of carbonyl (C=O) groups is 1. The van der Waals surface area contributed by atoms with Crippen molar-refractivity contribution in [2.45, 2.75) is 13.8 Å². The minimum Gasteiger partial charge on any atom is -0.508 e. The SMILES string of the molecule is CC(C)CN(C)C(=O)c1cc(O)ccc1Cl. The highest BCUT2D eigenvalue weighted by Gasteiger charge is 2.16. The molecule has 4 heteroatoms. The van der Waals surface area contributed by atoms with E-state index in [1.807, 2.05) is 13.8 Å². The smallest absolute Gasteiger partial charge is 0.255 e. The molecule has 1 amide bonds. The van der Waals surface area contributed by atoms with Crippen LogP contribution in [0.1, 0.15) is 24.2 Å². The standard InChI is InChI=1S/C12H16ClNO2/c1-8(2)7-14(3)12(16)10-6-9(15)4-5-11(10)13/h4-6,8,15H,7H2,1-3H3. The zero-order chi connectivity index (χ0) is 12.3. The largest absolute Gasteiger partial charge is 0.508 e. The van der Waals surface area contributed by atoms with Crippen LogP contribution in [0.25, 0.3) is 0 Å². The topological polar surface area (TPSA) is 40.5 Å². The average molecular weight is 242 g/mol. The summed E-state index contributed by atoms with van der Waals surface area (Å²) in [6.45, 7) is 4.73. The van der Waals surface area contributed by atoms with Gasteiger partial charge in [0.2, 0.25) is 0 Å². The molecule has 0 aromatic heterocycles. The number of halogens is 1. The fraction of sp³-hybridized carbons (Fsp3) is 0.417. The third kappa shape index (κ3) is 3.14. The van der Waals surface area contributed by atoms with Gasteiger partial charge in [-0.1, -0.05) is 25.4 Å². The van der Waals surface area contributed by atoms with Crippen molar-refractivity contribution in [3.63, 3.8) is 0 Å².